The number of carbonyl (C=O) groups excluding carboxylic acids is 2. The SMILES string of the molecule is CC(C)CC(C=O)N(C)C(=O)c1cc2ccc(-c3ccccc3)cc2[nH]1. The van der Waals surface area contributed by atoms with Crippen molar-refractivity contribution in [1.29, 1.82) is 0 Å². The monoisotopic (exact) mass is 348 g/mol. The van der Waals surface area contributed by atoms with Crippen molar-refractivity contribution in [2.24, 2.45) is 5.92 Å². The van der Waals surface area contributed by atoms with Gasteiger partial charge in [-0.3, -0.25) is 4.79 Å². The minimum atomic E-state index is -0.409. The average molecular weight is 348 g/mol. The largest absolute Gasteiger partial charge is 0.351 e. The Morgan fingerprint density at radius 2 is 1.81 bits per heavy atom. The predicted molar refractivity (Wildman–Crippen MR) is 105 cm³/mol. The topological polar surface area (TPSA) is 53.2 Å². The number of benzene rings is 2. The minimum Gasteiger partial charge on any atom is -0.351 e. The lowest BCUT2D eigenvalue weighted by atomic mass is 10.0. The van der Waals surface area contributed by atoms with Gasteiger partial charge in [-0.15, -0.1) is 0 Å². The van der Waals surface area contributed by atoms with Crippen LogP contribution in [0.1, 0.15) is 30.8 Å². The summed E-state index contributed by atoms with van der Waals surface area (Å²) in [5.41, 5.74) is 3.64. The molecule has 2 aromatic carbocycles. The van der Waals surface area contributed by atoms with Crippen LogP contribution in [-0.4, -0.2) is 35.2 Å². The van der Waals surface area contributed by atoms with Crippen LogP contribution in [0.4, 0.5) is 0 Å². The number of aromatic amines is 1. The maximum Gasteiger partial charge on any atom is 0.270 e. The van der Waals surface area contributed by atoms with Crippen molar-refractivity contribution >= 4 is 23.1 Å². The minimum absolute atomic E-state index is 0.166. The molecular formula is C22H24N2O2. The third kappa shape index (κ3) is 3.69. The Morgan fingerprint density at radius 3 is 2.46 bits per heavy atom. The van der Waals surface area contributed by atoms with Gasteiger partial charge in [0.25, 0.3) is 5.91 Å². The number of carbonyl (C=O) groups is 2. The lowest BCUT2D eigenvalue weighted by molar-refractivity contribution is -0.111. The van der Waals surface area contributed by atoms with Gasteiger partial charge >= 0.3 is 0 Å². The predicted octanol–water partition coefficient (Wildman–Crippen LogP) is 4.52. The molecule has 1 aromatic heterocycles. The van der Waals surface area contributed by atoms with E-state index in [1.165, 1.54) is 4.90 Å². The zero-order valence-corrected chi connectivity index (χ0v) is 15.4. The number of hydrogen-bond donors (Lipinski definition) is 1. The van der Waals surface area contributed by atoms with Crippen molar-refractivity contribution in [3.8, 4) is 11.1 Å². The number of nitrogens with one attached hydrogen (secondary N) is 1. The molecule has 0 aliphatic carbocycles. The molecule has 1 unspecified atom stereocenters. The molecule has 0 fully saturated rings. The van der Waals surface area contributed by atoms with Crippen LogP contribution in [0.15, 0.2) is 54.6 Å². The van der Waals surface area contributed by atoms with Gasteiger partial charge in [0, 0.05) is 18.0 Å². The number of likely N-dealkylation sites (N-methyl/N-ethyl adjacent to an activating group) is 1. The van der Waals surface area contributed by atoms with Crippen LogP contribution in [0.3, 0.4) is 0 Å². The highest BCUT2D eigenvalue weighted by atomic mass is 16.2. The Hall–Kier alpha value is -2.88. The zero-order valence-electron chi connectivity index (χ0n) is 15.4. The van der Waals surface area contributed by atoms with Crippen molar-refractivity contribution in [1.82, 2.24) is 9.88 Å². The van der Waals surface area contributed by atoms with E-state index in [9.17, 15) is 9.59 Å². The second kappa shape index (κ2) is 7.56. The summed E-state index contributed by atoms with van der Waals surface area (Å²) in [6.45, 7) is 4.09. The summed E-state index contributed by atoms with van der Waals surface area (Å²) in [4.78, 5) is 28.9. The molecule has 4 heteroatoms. The molecule has 1 amide bonds. The third-order valence-corrected chi connectivity index (χ3v) is 4.65. The van der Waals surface area contributed by atoms with Gasteiger partial charge < -0.3 is 14.7 Å². The molecule has 1 N–H and O–H groups in total. The zero-order chi connectivity index (χ0) is 18.7. The van der Waals surface area contributed by atoms with E-state index in [1.807, 2.05) is 50.2 Å². The quantitative estimate of drug-likeness (QED) is 0.666. The molecular weight excluding hydrogens is 324 g/mol. The Kier molecular flexibility index (Phi) is 5.21. The van der Waals surface area contributed by atoms with Gasteiger partial charge in [-0.05, 0) is 35.6 Å². The van der Waals surface area contributed by atoms with E-state index in [1.54, 1.807) is 7.05 Å². The molecule has 0 bridgehead atoms. The fourth-order valence-electron chi connectivity index (χ4n) is 3.18. The molecule has 1 atom stereocenters. The molecule has 3 aromatic rings. The number of aldehydes is 1. The number of nitrogens with zero attached hydrogens (tertiary/aromatic N) is 1. The summed E-state index contributed by atoms with van der Waals surface area (Å²) in [5.74, 6) is 0.178. The van der Waals surface area contributed by atoms with Crippen LogP contribution in [0.5, 0.6) is 0 Å². The van der Waals surface area contributed by atoms with E-state index in [0.29, 0.717) is 18.0 Å². The summed E-state index contributed by atoms with van der Waals surface area (Å²) in [6.07, 6.45) is 1.51. The fraction of sp³-hybridized carbons (Fsp3) is 0.273. The van der Waals surface area contributed by atoms with Crippen molar-refractivity contribution in [3.05, 3.63) is 60.3 Å². The fourth-order valence-corrected chi connectivity index (χ4v) is 3.18. The summed E-state index contributed by atoms with van der Waals surface area (Å²) < 4.78 is 0. The van der Waals surface area contributed by atoms with E-state index in [2.05, 4.69) is 23.2 Å². The molecule has 134 valence electrons. The molecule has 4 nitrogen and oxygen atoms in total. The smallest absolute Gasteiger partial charge is 0.270 e. The van der Waals surface area contributed by atoms with Gasteiger partial charge in [0.05, 0.1) is 6.04 Å². The second-order valence-electron chi connectivity index (χ2n) is 7.10. The Labute approximate surface area is 153 Å². The number of fused-ring (bicyclic) bond motifs is 1. The van der Waals surface area contributed by atoms with Gasteiger partial charge in [0.15, 0.2) is 0 Å². The van der Waals surface area contributed by atoms with E-state index in [-0.39, 0.29) is 5.91 Å². The highest BCUT2D eigenvalue weighted by Gasteiger charge is 2.22. The van der Waals surface area contributed by atoms with Crippen LogP contribution < -0.4 is 0 Å². The Balaban J connectivity index is 1.89. The van der Waals surface area contributed by atoms with Gasteiger partial charge in [-0.2, -0.15) is 0 Å². The number of aromatic nitrogens is 1. The summed E-state index contributed by atoms with van der Waals surface area (Å²) in [7, 11) is 1.69. The van der Waals surface area contributed by atoms with Crippen LogP contribution >= 0.6 is 0 Å². The highest BCUT2D eigenvalue weighted by Crippen LogP contribution is 2.25. The van der Waals surface area contributed by atoms with E-state index in [4.69, 9.17) is 0 Å². The molecule has 26 heavy (non-hydrogen) atoms. The van der Waals surface area contributed by atoms with E-state index in [0.717, 1.165) is 28.3 Å². The van der Waals surface area contributed by atoms with Gasteiger partial charge in [-0.25, -0.2) is 0 Å². The van der Waals surface area contributed by atoms with Crippen LogP contribution in [0.25, 0.3) is 22.0 Å². The first kappa shape index (κ1) is 17.9. The average Bonchev–Trinajstić information content (AvgIpc) is 3.08. The lowest BCUT2D eigenvalue weighted by Crippen LogP contribution is -2.39. The molecule has 0 saturated heterocycles. The maximum absolute atomic E-state index is 12.8. The van der Waals surface area contributed by atoms with Gasteiger partial charge in [-0.1, -0.05) is 56.3 Å². The van der Waals surface area contributed by atoms with Crippen molar-refractivity contribution in [2.75, 3.05) is 7.05 Å². The first-order valence-electron chi connectivity index (χ1n) is 8.90. The molecule has 3 rings (SSSR count). The number of hydrogen-bond acceptors (Lipinski definition) is 2. The lowest BCUT2D eigenvalue weighted by Gasteiger charge is -2.24. The first-order valence-corrected chi connectivity index (χ1v) is 8.90. The third-order valence-electron chi connectivity index (χ3n) is 4.65. The van der Waals surface area contributed by atoms with Crippen LogP contribution in [0, 0.1) is 5.92 Å². The molecule has 0 radical (unpaired) electrons. The van der Waals surface area contributed by atoms with E-state index >= 15 is 0 Å². The van der Waals surface area contributed by atoms with Crippen LogP contribution in [-0.2, 0) is 4.79 Å². The normalized spacial score (nSPS) is 12.3. The van der Waals surface area contributed by atoms with Gasteiger partial charge in [0.2, 0.25) is 0 Å². The van der Waals surface area contributed by atoms with Crippen molar-refractivity contribution in [2.45, 2.75) is 26.3 Å². The van der Waals surface area contributed by atoms with E-state index < -0.39 is 6.04 Å². The molecule has 0 aliphatic rings. The molecule has 0 aliphatic heterocycles. The van der Waals surface area contributed by atoms with Crippen LogP contribution in [0.2, 0.25) is 0 Å². The number of rotatable bonds is 6. The summed E-state index contributed by atoms with van der Waals surface area (Å²) in [6, 6.07) is 17.7. The first-order chi connectivity index (χ1) is 12.5. The maximum atomic E-state index is 12.8. The second-order valence-corrected chi connectivity index (χ2v) is 7.10. The van der Waals surface area contributed by atoms with Gasteiger partial charge in [0.1, 0.15) is 12.0 Å². The number of amides is 1. The number of H-pyrrole nitrogens is 1. The molecule has 1 heterocycles. The Bertz CT molecular complexity index is 912. The standard InChI is InChI=1S/C22H24N2O2/c1-15(2)11-19(14-25)24(3)22(26)21-13-18-10-9-17(12-20(18)23-21)16-7-5-4-6-8-16/h4-10,12-15,19,23H,11H2,1-3H3. The summed E-state index contributed by atoms with van der Waals surface area (Å²) >= 11 is 0. The van der Waals surface area contributed by atoms with Crippen molar-refractivity contribution < 1.29 is 9.59 Å². The summed E-state index contributed by atoms with van der Waals surface area (Å²) in [5, 5.41) is 0.980. The molecule has 0 saturated carbocycles. The van der Waals surface area contributed by atoms with Crippen molar-refractivity contribution in [3.63, 3.8) is 0 Å². The highest BCUT2D eigenvalue weighted by molar-refractivity contribution is 5.99. The molecule has 0 spiro atoms. The Morgan fingerprint density at radius 1 is 1.08 bits per heavy atom.